The number of aromatic nitrogens is 2. The maximum absolute atomic E-state index is 12.3. The van der Waals surface area contributed by atoms with Crippen molar-refractivity contribution in [2.24, 2.45) is 0 Å². The normalized spacial score (nSPS) is 10.5. The predicted octanol–water partition coefficient (Wildman–Crippen LogP) is 1.55. The molecule has 28 heavy (non-hydrogen) atoms. The number of anilines is 1. The third-order valence-electron chi connectivity index (χ3n) is 4.08. The molecule has 0 saturated heterocycles. The molecule has 2 N–H and O–H groups in total. The molecule has 0 aliphatic carbocycles. The van der Waals surface area contributed by atoms with Crippen LogP contribution in [0.1, 0.15) is 6.42 Å². The lowest BCUT2D eigenvalue weighted by atomic mass is 10.2. The van der Waals surface area contributed by atoms with Gasteiger partial charge in [-0.2, -0.15) is 5.10 Å². The highest BCUT2D eigenvalue weighted by atomic mass is 16.5. The fourth-order valence-electron chi connectivity index (χ4n) is 2.65. The number of nitrogens with one attached hydrogen (secondary N) is 2. The number of aryl methyl sites for hydroxylation is 1. The Balaban J connectivity index is 1.62. The van der Waals surface area contributed by atoms with Crippen molar-refractivity contribution >= 4 is 28.4 Å². The average molecular weight is 380 g/mol. The molecule has 0 unspecified atom stereocenters. The van der Waals surface area contributed by atoms with Crippen LogP contribution in [0.2, 0.25) is 0 Å². The monoisotopic (exact) mass is 380 g/mol. The van der Waals surface area contributed by atoms with Crippen molar-refractivity contribution in [2.75, 3.05) is 19.0 Å². The minimum Gasteiger partial charge on any atom is -0.484 e. The molecule has 1 aromatic heterocycles. The van der Waals surface area contributed by atoms with Gasteiger partial charge >= 0.3 is 0 Å². The van der Waals surface area contributed by atoms with Crippen LogP contribution in [-0.2, 0) is 16.1 Å². The zero-order valence-corrected chi connectivity index (χ0v) is 15.3. The Morgan fingerprint density at radius 1 is 1.11 bits per heavy atom. The molecule has 0 atom stereocenters. The van der Waals surface area contributed by atoms with Crippen LogP contribution in [0.5, 0.6) is 5.75 Å². The van der Waals surface area contributed by atoms with Gasteiger partial charge in [0.1, 0.15) is 5.75 Å². The summed E-state index contributed by atoms with van der Waals surface area (Å²) < 4.78 is 7.00. The number of para-hydroxylation sites is 1. The number of benzene rings is 2. The highest BCUT2D eigenvalue weighted by Crippen LogP contribution is 2.17. The molecule has 3 aromatic rings. The molecule has 1 heterocycles. The van der Waals surface area contributed by atoms with Gasteiger partial charge in [-0.15, -0.1) is 0 Å². The Kier molecular flexibility index (Phi) is 6.01. The van der Waals surface area contributed by atoms with Gasteiger partial charge in [0.2, 0.25) is 11.3 Å². The van der Waals surface area contributed by atoms with Crippen LogP contribution in [0, 0.1) is 0 Å². The molecule has 0 spiro atoms. The maximum Gasteiger partial charge on any atom is 0.257 e. The third-order valence-corrected chi connectivity index (χ3v) is 4.08. The van der Waals surface area contributed by atoms with E-state index in [-0.39, 0.29) is 30.3 Å². The van der Waals surface area contributed by atoms with Gasteiger partial charge in [-0.3, -0.25) is 19.1 Å². The first-order chi connectivity index (χ1) is 13.6. The molecule has 0 aliphatic heterocycles. The summed E-state index contributed by atoms with van der Waals surface area (Å²) in [5.41, 5.74) is 1.11. The van der Waals surface area contributed by atoms with Gasteiger partial charge in [-0.1, -0.05) is 18.2 Å². The van der Waals surface area contributed by atoms with Crippen LogP contribution in [0.4, 0.5) is 5.69 Å². The molecule has 0 radical (unpaired) electrons. The minimum atomic E-state index is -0.240. The molecule has 0 aliphatic rings. The largest absolute Gasteiger partial charge is 0.484 e. The first kappa shape index (κ1) is 19.1. The third kappa shape index (κ3) is 4.73. The van der Waals surface area contributed by atoms with E-state index in [9.17, 15) is 14.4 Å². The average Bonchev–Trinajstić information content (AvgIpc) is 2.72. The van der Waals surface area contributed by atoms with E-state index in [1.807, 2.05) is 6.07 Å². The van der Waals surface area contributed by atoms with Crippen molar-refractivity contribution in [2.45, 2.75) is 13.0 Å². The van der Waals surface area contributed by atoms with E-state index in [4.69, 9.17) is 4.74 Å². The Bertz CT molecular complexity index is 1060. The van der Waals surface area contributed by atoms with Crippen molar-refractivity contribution in [3.05, 3.63) is 65.0 Å². The van der Waals surface area contributed by atoms with Crippen LogP contribution < -0.4 is 20.8 Å². The highest BCUT2D eigenvalue weighted by Gasteiger charge is 2.08. The zero-order valence-electron chi connectivity index (χ0n) is 15.3. The van der Waals surface area contributed by atoms with E-state index in [1.54, 1.807) is 47.1 Å². The summed E-state index contributed by atoms with van der Waals surface area (Å²) in [6.07, 6.45) is 1.44. The van der Waals surface area contributed by atoms with Gasteiger partial charge in [0.25, 0.3) is 5.91 Å². The topological polar surface area (TPSA) is 102 Å². The fourth-order valence-corrected chi connectivity index (χ4v) is 2.65. The number of carbonyl (C=O) groups is 2. The van der Waals surface area contributed by atoms with E-state index in [2.05, 4.69) is 15.7 Å². The second-order valence-electron chi connectivity index (χ2n) is 6.04. The molecule has 8 heteroatoms. The number of ether oxygens (including phenoxy) is 1. The molecular weight excluding hydrogens is 360 g/mol. The summed E-state index contributed by atoms with van der Waals surface area (Å²) >= 11 is 0. The van der Waals surface area contributed by atoms with Gasteiger partial charge < -0.3 is 15.4 Å². The fraction of sp³-hybridized carbons (Fsp3) is 0.200. The zero-order chi connectivity index (χ0) is 19.9. The number of amides is 2. The lowest BCUT2D eigenvalue weighted by Gasteiger charge is -2.10. The number of rotatable bonds is 7. The summed E-state index contributed by atoms with van der Waals surface area (Å²) in [6, 6.07) is 14.0. The van der Waals surface area contributed by atoms with E-state index in [0.29, 0.717) is 28.9 Å². The predicted molar refractivity (Wildman–Crippen MR) is 105 cm³/mol. The number of hydrogen-bond donors (Lipinski definition) is 2. The number of hydrogen-bond acceptors (Lipinski definition) is 5. The van der Waals surface area contributed by atoms with Crippen molar-refractivity contribution in [1.29, 1.82) is 0 Å². The van der Waals surface area contributed by atoms with Crippen molar-refractivity contribution in [3.63, 3.8) is 0 Å². The first-order valence-corrected chi connectivity index (χ1v) is 8.75. The molecule has 0 fully saturated rings. The van der Waals surface area contributed by atoms with Crippen molar-refractivity contribution in [3.8, 4) is 5.75 Å². The van der Waals surface area contributed by atoms with Crippen LogP contribution in [0.3, 0.4) is 0 Å². The van der Waals surface area contributed by atoms with Crippen LogP contribution in [0.15, 0.2) is 59.5 Å². The summed E-state index contributed by atoms with van der Waals surface area (Å²) in [5.74, 6) is 0.0396. The first-order valence-electron chi connectivity index (χ1n) is 8.75. The lowest BCUT2D eigenvalue weighted by molar-refractivity contribution is -0.122. The lowest BCUT2D eigenvalue weighted by Crippen LogP contribution is -2.24. The van der Waals surface area contributed by atoms with Gasteiger partial charge in [0.05, 0.1) is 18.3 Å². The number of likely N-dealkylation sites (N-methyl/N-ethyl adjacent to an activating group) is 1. The van der Waals surface area contributed by atoms with Gasteiger partial charge in [0, 0.05) is 30.6 Å². The summed E-state index contributed by atoms with van der Waals surface area (Å²) in [6.45, 7) is 0.235. The molecule has 2 amide bonds. The molecule has 2 aromatic carbocycles. The Morgan fingerprint density at radius 3 is 2.75 bits per heavy atom. The number of nitrogens with zero attached hydrogens (tertiary/aromatic N) is 2. The maximum atomic E-state index is 12.3. The van der Waals surface area contributed by atoms with E-state index >= 15 is 0 Å². The second kappa shape index (κ2) is 8.81. The van der Waals surface area contributed by atoms with Crippen LogP contribution >= 0.6 is 0 Å². The quantitative estimate of drug-likeness (QED) is 0.647. The molecule has 8 nitrogen and oxygen atoms in total. The van der Waals surface area contributed by atoms with E-state index in [0.717, 1.165) is 0 Å². The van der Waals surface area contributed by atoms with E-state index < -0.39 is 0 Å². The van der Waals surface area contributed by atoms with Gasteiger partial charge in [0.15, 0.2) is 6.61 Å². The van der Waals surface area contributed by atoms with Crippen molar-refractivity contribution in [1.82, 2.24) is 15.1 Å². The SMILES string of the molecule is CNC(=O)COc1cccc(NC(=O)CCn2ncc(=O)c3ccccc32)c1. The Hall–Kier alpha value is -3.68. The number of fused-ring (bicyclic) bond motifs is 1. The van der Waals surface area contributed by atoms with Gasteiger partial charge in [-0.05, 0) is 24.3 Å². The standard InChI is InChI=1S/C20H20N4O4/c1-21-20(27)13-28-15-6-4-5-14(11-15)23-19(26)9-10-24-17-8-3-2-7-16(17)18(25)12-22-24/h2-8,11-12H,9-10,13H2,1H3,(H,21,27)(H,23,26). The Labute approximate surface area is 161 Å². The summed E-state index contributed by atoms with van der Waals surface area (Å²) in [7, 11) is 1.53. The van der Waals surface area contributed by atoms with Gasteiger partial charge in [-0.25, -0.2) is 0 Å². The second-order valence-corrected chi connectivity index (χ2v) is 6.04. The number of carbonyl (C=O) groups excluding carboxylic acids is 2. The molecule has 0 saturated carbocycles. The summed E-state index contributed by atoms with van der Waals surface area (Å²) in [4.78, 5) is 35.4. The molecular formula is C20H20N4O4. The van der Waals surface area contributed by atoms with E-state index in [1.165, 1.54) is 13.2 Å². The molecule has 3 rings (SSSR count). The molecule has 144 valence electrons. The summed E-state index contributed by atoms with van der Waals surface area (Å²) in [5, 5.41) is 9.94. The van der Waals surface area contributed by atoms with Crippen LogP contribution in [0.25, 0.3) is 10.9 Å². The Morgan fingerprint density at radius 2 is 1.93 bits per heavy atom. The minimum absolute atomic E-state index is 0.0982. The van der Waals surface area contributed by atoms with Crippen molar-refractivity contribution < 1.29 is 14.3 Å². The van der Waals surface area contributed by atoms with Crippen LogP contribution in [-0.4, -0.2) is 35.2 Å². The smallest absolute Gasteiger partial charge is 0.257 e. The molecule has 0 bridgehead atoms. The highest BCUT2D eigenvalue weighted by molar-refractivity contribution is 5.91.